The van der Waals surface area contributed by atoms with Gasteiger partial charge in [0.15, 0.2) is 0 Å². The predicted octanol–water partition coefficient (Wildman–Crippen LogP) is 1.61. The van der Waals surface area contributed by atoms with Gasteiger partial charge in [0.1, 0.15) is 3.92 Å². The molecule has 0 aliphatic carbocycles. The Morgan fingerprint density at radius 1 is 1.50 bits per heavy atom. The maximum absolute atomic E-state index is 11.9. The van der Waals surface area contributed by atoms with Crippen LogP contribution >= 0.6 is 22.6 Å². The van der Waals surface area contributed by atoms with E-state index in [9.17, 15) is 19.7 Å². The summed E-state index contributed by atoms with van der Waals surface area (Å²) in [5.74, 6) is -0.917. The van der Waals surface area contributed by atoms with Gasteiger partial charge in [-0.15, -0.1) is 0 Å². The number of benzene rings is 1. The molecule has 8 heteroatoms. The highest BCUT2D eigenvalue weighted by atomic mass is 127. The number of rotatable bonds is 5. The van der Waals surface area contributed by atoms with E-state index in [1.807, 2.05) is 22.6 Å². The van der Waals surface area contributed by atoms with Gasteiger partial charge in [-0.1, -0.05) is 28.7 Å². The Morgan fingerprint density at radius 3 is 2.70 bits per heavy atom. The number of carbonyl (C=O) groups is 2. The van der Waals surface area contributed by atoms with Crippen molar-refractivity contribution in [3.8, 4) is 0 Å². The van der Waals surface area contributed by atoms with Crippen molar-refractivity contribution in [2.24, 2.45) is 0 Å². The Hall–Kier alpha value is -1.71. The highest BCUT2D eigenvalue weighted by Gasteiger charge is 2.18. The van der Waals surface area contributed by atoms with Crippen LogP contribution in [0.2, 0.25) is 0 Å². The van der Waals surface area contributed by atoms with Crippen molar-refractivity contribution >= 4 is 40.2 Å². The summed E-state index contributed by atoms with van der Waals surface area (Å²) in [6.45, 7) is 1.69. The minimum Gasteiger partial charge on any atom is -0.468 e. The zero-order valence-electron chi connectivity index (χ0n) is 10.9. The highest BCUT2D eigenvalue weighted by Crippen LogP contribution is 2.19. The average molecular weight is 392 g/mol. The number of methoxy groups -OCH3 is 1. The van der Waals surface area contributed by atoms with Crippen LogP contribution in [0, 0.1) is 17.0 Å². The molecule has 0 saturated carbocycles. The van der Waals surface area contributed by atoms with Gasteiger partial charge in [-0.25, -0.2) is 0 Å². The van der Waals surface area contributed by atoms with Crippen molar-refractivity contribution in [1.82, 2.24) is 5.32 Å². The zero-order chi connectivity index (χ0) is 15.3. The number of amides is 1. The first-order chi connectivity index (χ1) is 9.36. The van der Waals surface area contributed by atoms with Crippen LogP contribution in [-0.4, -0.2) is 34.4 Å². The molecule has 1 aromatic rings. The van der Waals surface area contributed by atoms with Crippen LogP contribution in [0.15, 0.2) is 18.2 Å². The molecule has 20 heavy (non-hydrogen) atoms. The van der Waals surface area contributed by atoms with Crippen molar-refractivity contribution in [1.29, 1.82) is 0 Å². The number of hydrogen-bond donors (Lipinski definition) is 1. The fraction of sp³-hybridized carbons (Fsp3) is 0.333. The molecule has 1 atom stereocenters. The number of nitro benzene ring substituents is 1. The standard InChI is InChI=1S/C12H13IN2O5/c1-7-3-4-8(5-10(7)15(18)19)11(16)14-6-9(13)12(17)20-2/h3-5,9H,6H2,1-2H3,(H,14,16). The van der Waals surface area contributed by atoms with Gasteiger partial charge < -0.3 is 10.1 Å². The number of carbonyl (C=O) groups excluding carboxylic acids is 2. The second-order valence-corrected chi connectivity index (χ2v) is 5.46. The van der Waals surface area contributed by atoms with Gasteiger partial charge >= 0.3 is 5.97 Å². The molecule has 7 nitrogen and oxygen atoms in total. The lowest BCUT2D eigenvalue weighted by molar-refractivity contribution is -0.385. The minimum absolute atomic E-state index is 0.0910. The molecule has 1 unspecified atom stereocenters. The van der Waals surface area contributed by atoms with Crippen LogP contribution in [-0.2, 0) is 9.53 Å². The SMILES string of the molecule is COC(=O)C(I)CNC(=O)c1ccc(C)c([N+](=O)[O-])c1. The van der Waals surface area contributed by atoms with Crippen molar-refractivity contribution in [2.45, 2.75) is 10.8 Å². The number of hydrogen-bond acceptors (Lipinski definition) is 5. The van der Waals surface area contributed by atoms with Crippen LogP contribution in [0.4, 0.5) is 5.69 Å². The normalized spacial score (nSPS) is 11.6. The van der Waals surface area contributed by atoms with Crippen molar-refractivity contribution in [2.75, 3.05) is 13.7 Å². The lowest BCUT2D eigenvalue weighted by Crippen LogP contribution is -2.33. The summed E-state index contributed by atoms with van der Waals surface area (Å²) in [6.07, 6.45) is 0. The molecule has 0 radical (unpaired) electrons. The Morgan fingerprint density at radius 2 is 2.15 bits per heavy atom. The van der Waals surface area contributed by atoms with Crippen molar-refractivity contribution in [3.63, 3.8) is 0 Å². The van der Waals surface area contributed by atoms with Crippen LogP contribution in [0.5, 0.6) is 0 Å². The molecule has 0 bridgehead atoms. The van der Waals surface area contributed by atoms with E-state index in [4.69, 9.17) is 0 Å². The molecule has 1 rings (SSSR count). The van der Waals surface area contributed by atoms with Gasteiger partial charge in [-0.2, -0.15) is 0 Å². The van der Waals surface area contributed by atoms with E-state index in [1.54, 1.807) is 6.92 Å². The number of alkyl halides is 1. The summed E-state index contributed by atoms with van der Waals surface area (Å²) >= 11 is 1.85. The third-order valence-electron chi connectivity index (χ3n) is 2.57. The second-order valence-electron chi connectivity index (χ2n) is 3.96. The molecular formula is C12H13IN2O5. The largest absolute Gasteiger partial charge is 0.468 e. The van der Waals surface area contributed by atoms with Crippen molar-refractivity contribution < 1.29 is 19.2 Å². The molecule has 1 aromatic carbocycles. The number of nitrogens with one attached hydrogen (secondary N) is 1. The number of aryl methyl sites for hydroxylation is 1. The molecular weight excluding hydrogens is 379 g/mol. The fourth-order valence-corrected chi connectivity index (χ4v) is 1.92. The average Bonchev–Trinajstić information content (AvgIpc) is 2.43. The Kier molecular flexibility index (Phi) is 5.86. The lowest BCUT2D eigenvalue weighted by atomic mass is 10.1. The molecule has 108 valence electrons. The van der Waals surface area contributed by atoms with Crippen LogP contribution in [0.1, 0.15) is 15.9 Å². The minimum atomic E-state index is -0.540. The number of ether oxygens (including phenoxy) is 1. The van der Waals surface area contributed by atoms with E-state index >= 15 is 0 Å². The first-order valence-electron chi connectivity index (χ1n) is 5.62. The van der Waals surface area contributed by atoms with Crippen LogP contribution in [0.25, 0.3) is 0 Å². The molecule has 0 saturated heterocycles. The van der Waals surface area contributed by atoms with Crippen LogP contribution < -0.4 is 5.32 Å². The Balaban J connectivity index is 2.76. The summed E-state index contributed by atoms with van der Waals surface area (Å²) in [7, 11) is 1.26. The first-order valence-corrected chi connectivity index (χ1v) is 6.86. The van der Waals surface area contributed by atoms with Gasteiger partial charge in [-0.3, -0.25) is 19.7 Å². The van der Waals surface area contributed by atoms with E-state index < -0.39 is 20.7 Å². The van der Waals surface area contributed by atoms with Gasteiger partial charge in [0, 0.05) is 23.7 Å². The van der Waals surface area contributed by atoms with E-state index in [0.717, 1.165) is 0 Å². The lowest BCUT2D eigenvalue weighted by Gasteiger charge is -2.09. The summed E-state index contributed by atoms with van der Waals surface area (Å²) in [6, 6.07) is 4.22. The maximum atomic E-state index is 11.9. The number of halogens is 1. The second kappa shape index (κ2) is 7.17. The summed E-state index contributed by atoms with van der Waals surface area (Å²) in [5.41, 5.74) is 0.542. The molecule has 0 aromatic heterocycles. The molecule has 0 aliphatic rings. The molecule has 1 amide bonds. The van der Waals surface area contributed by atoms with Crippen molar-refractivity contribution in [3.05, 3.63) is 39.4 Å². The Labute approximate surface area is 129 Å². The molecule has 0 spiro atoms. The number of esters is 1. The van der Waals surface area contributed by atoms with E-state index in [-0.39, 0.29) is 17.8 Å². The molecule has 0 fully saturated rings. The quantitative estimate of drug-likeness (QED) is 0.270. The van der Waals surface area contributed by atoms with Gasteiger partial charge in [0.05, 0.1) is 12.0 Å². The fourth-order valence-electron chi connectivity index (χ4n) is 1.44. The number of nitrogens with zero attached hydrogens (tertiary/aromatic N) is 1. The molecule has 0 heterocycles. The Bertz CT molecular complexity index is 547. The van der Waals surface area contributed by atoms with E-state index in [0.29, 0.717) is 5.56 Å². The van der Waals surface area contributed by atoms with E-state index in [1.165, 1.54) is 25.3 Å². The third kappa shape index (κ3) is 4.15. The monoisotopic (exact) mass is 392 g/mol. The van der Waals surface area contributed by atoms with E-state index in [2.05, 4.69) is 10.1 Å². The van der Waals surface area contributed by atoms with Crippen LogP contribution in [0.3, 0.4) is 0 Å². The highest BCUT2D eigenvalue weighted by molar-refractivity contribution is 14.1. The molecule has 0 aliphatic heterocycles. The maximum Gasteiger partial charge on any atom is 0.320 e. The zero-order valence-corrected chi connectivity index (χ0v) is 13.0. The molecule has 1 N–H and O–H groups in total. The summed E-state index contributed by atoms with van der Waals surface area (Å²) in [5, 5.41) is 13.3. The summed E-state index contributed by atoms with van der Waals surface area (Å²) < 4.78 is 4.02. The predicted molar refractivity (Wildman–Crippen MR) is 80.0 cm³/mol. The topological polar surface area (TPSA) is 98.5 Å². The smallest absolute Gasteiger partial charge is 0.320 e. The summed E-state index contributed by atoms with van der Waals surface area (Å²) in [4.78, 5) is 33.3. The van der Waals surface area contributed by atoms with Gasteiger partial charge in [0.2, 0.25) is 0 Å². The first kappa shape index (κ1) is 16.3. The van der Waals surface area contributed by atoms with Gasteiger partial charge in [-0.05, 0) is 13.0 Å². The number of nitro groups is 1. The van der Waals surface area contributed by atoms with Gasteiger partial charge in [0.25, 0.3) is 11.6 Å². The third-order valence-corrected chi connectivity index (χ3v) is 3.52.